The third-order valence-electron chi connectivity index (χ3n) is 2.47. The maximum absolute atomic E-state index is 11.8. The molecule has 0 atom stereocenters. The molecule has 0 aliphatic heterocycles. The summed E-state index contributed by atoms with van der Waals surface area (Å²) in [5.41, 5.74) is -0.219. The predicted octanol–water partition coefficient (Wildman–Crippen LogP) is 1.88. The van der Waals surface area contributed by atoms with Gasteiger partial charge in [0.05, 0.1) is 17.0 Å². The maximum Gasteiger partial charge on any atom is 0.335 e. The fourth-order valence-corrected chi connectivity index (χ4v) is 2.74. The summed E-state index contributed by atoms with van der Waals surface area (Å²) in [6, 6.07) is 3.43. The van der Waals surface area contributed by atoms with E-state index in [1.165, 1.54) is 6.07 Å². The lowest BCUT2D eigenvalue weighted by Gasteiger charge is -2.11. The molecular weight excluding hydrogens is 270 g/mol. The number of phenolic OH excluding ortho intramolecular Hbond substituents is 1. The number of carboxylic acids is 1. The highest BCUT2D eigenvalue weighted by Crippen LogP contribution is 2.25. The van der Waals surface area contributed by atoms with E-state index >= 15 is 0 Å². The van der Waals surface area contributed by atoms with Crippen molar-refractivity contribution in [1.82, 2.24) is 0 Å². The number of benzene rings is 1. The van der Waals surface area contributed by atoms with Gasteiger partial charge in [-0.15, -0.1) is 0 Å². The maximum atomic E-state index is 11.8. The Morgan fingerprint density at radius 3 is 2.53 bits per heavy atom. The molecule has 19 heavy (non-hydrogen) atoms. The first-order valence-electron chi connectivity index (χ1n) is 5.78. The number of aromatic hydroxyl groups is 1. The van der Waals surface area contributed by atoms with Gasteiger partial charge in [-0.25, -0.2) is 13.2 Å². The van der Waals surface area contributed by atoms with Crippen LogP contribution in [0.25, 0.3) is 0 Å². The highest BCUT2D eigenvalue weighted by molar-refractivity contribution is 7.92. The summed E-state index contributed by atoms with van der Waals surface area (Å²) in [5.74, 6) is -1.35. The Bertz CT molecular complexity index is 565. The average molecular weight is 287 g/mol. The minimum atomic E-state index is -3.60. The molecule has 0 fully saturated rings. The first-order chi connectivity index (χ1) is 8.71. The lowest BCUT2D eigenvalue weighted by atomic mass is 10.2. The second kappa shape index (κ2) is 5.92. The number of carboxylic acid groups (broad SMARTS) is 1. The molecule has 0 amide bonds. The van der Waals surface area contributed by atoms with Gasteiger partial charge in [0, 0.05) is 0 Å². The van der Waals surface area contributed by atoms with E-state index in [2.05, 4.69) is 4.72 Å². The zero-order valence-corrected chi connectivity index (χ0v) is 11.6. The fourth-order valence-electron chi connectivity index (χ4n) is 1.36. The fraction of sp³-hybridized carbons (Fsp3) is 0.417. The molecule has 0 aliphatic carbocycles. The van der Waals surface area contributed by atoms with E-state index < -0.39 is 16.0 Å². The third kappa shape index (κ3) is 4.78. The van der Waals surface area contributed by atoms with Crippen LogP contribution < -0.4 is 4.72 Å². The van der Waals surface area contributed by atoms with Crippen molar-refractivity contribution < 1.29 is 23.4 Å². The van der Waals surface area contributed by atoms with Crippen LogP contribution in [0.2, 0.25) is 0 Å². The minimum Gasteiger partial charge on any atom is -0.506 e. The van der Waals surface area contributed by atoms with Crippen LogP contribution in [-0.4, -0.2) is 30.4 Å². The van der Waals surface area contributed by atoms with Crippen molar-refractivity contribution in [3.63, 3.8) is 0 Å². The number of carbonyl (C=O) groups is 1. The van der Waals surface area contributed by atoms with Crippen LogP contribution in [0.15, 0.2) is 18.2 Å². The van der Waals surface area contributed by atoms with Crippen LogP contribution in [0.3, 0.4) is 0 Å². The number of hydrogen-bond acceptors (Lipinski definition) is 4. The van der Waals surface area contributed by atoms with E-state index in [0.29, 0.717) is 6.42 Å². The second-order valence-electron chi connectivity index (χ2n) is 4.64. The van der Waals surface area contributed by atoms with Crippen LogP contribution in [0.1, 0.15) is 30.6 Å². The van der Waals surface area contributed by atoms with Crippen molar-refractivity contribution in [3.05, 3.63) is 23.8 Å². The standard InChI is InChI=1S/C12H17NO5S/c1-8(2)5-6-19(17,18)13-10-7-9(12(15)16)3-4-11(10)14/h3-4,7-8,13-14H,5-6H2,1-2H3,(H,15,16). The molecule has 0 spiro atoms. The number of aromatic carboxylic acids is 1. The average Bonchev–Trinajstić information content (AvgIpc) is 2.29. The molecule has 0 unspecified atom stereocenters. The Morgan fingerprint density at radius 1 is 1.37 bits per heavy atom. The topological polar surface area (TPSA) is 104 Å². The van der Waals surface area contributed by atoms with Crippen molar-refractivity contribution in [1.29, 1.82) is 0 Å². The van der Waals surface area contributed by atoms with Crippen molar-refractivity contribution in [2.45, 2.75) is 20.3 Å². The molecule has 0 aromatic heterocycles. The number of rotatable bonds is 6. The zero-order chi connectivity index (χ0) is 14.6. The summed E-state index contributed by atoms with van der Waals surface area (Å²) in [6.45, 7) is 3.80. The second-order valence-corrected chi connectivity index (χ2v) is 6.48. The minimum absolute atomic E-state index is 0.0819. The van der Waals surface area contributed by atoms with Crippen molar-refractivity contribution >= 4 is 21.7 Å². The van der Waals surface area contributed by atoms with Crippen molar-refractivity contribution in [2.75, 3.05) is 10.5 Å². The Kier molecular flexibility index (Phi) is 4.77. The Balaban J connectivity index is 2.92. The first kappa shape index (κ1) is 15.3. The van der Waals surface area contributed by atoms with Crippen LogP contribution in [0.4, 0.5) is 5.69 Å². The SMILES string of the molecule is CC(C)CCS(=O)(=O)Nc1cc(C(=O)O)ccc1O. The number of anilines is 1. The molecule has 0 saturated carbocycles. The van der Waals surface area contributed by atoms with E-state index in [0.717, 1.165) is 12.1 Å². The molecule has 6 nitrogen and oxygen atoms in total. The third-order valence-corrected chi connectivity index (χ3v) is 3.78. The number of sulfonamides is 1. The summed E-state index contributed by atoms with van der Waals surface area (Å²) in [7, 11) is -3.60. The molecule has 0 bridgehead atoms. The van der Waals surface area contributed by atoms with Gasteiger partial charge < -0.3 is 10.2 Å². The van der Waals surface area contributed by atoms with Crippen LogP contribution in [-0.2, 0) is 10.0 Å². The van der Waals surface area contributed by atoms with Crippen LogP contribution in [0.5, 0.6) is 5.75 Å². The smallest absolute Gasteiger partial charge is 0.335 e. The monoisotopic (exact) mass is 287 g/mol. The summed E-state index contributed by atoms with van der Waals surface area (Å²) >= 11 is 0. The van der Waals surface area contributed by atoms with Gasteiger partial charge in [-0.3, -0.25) is 4.72 Å². The molecule has 0 aliphatic rings. The van der Waals surface area contributed by atoms with E-state index in [-0.39, 0.29) is 28.7 Å². The number of phenols is 1. The highest BCUT2D eigenvalue weighted by Gasteiger charge is 2.15. The first-order valence-corrected chi connectivity index (χ1v) is 7.43. The largest absolute Gasteiger partial charge is 0.506 e. The molecule has 7 heteroatoms. The molecule has 0 saturated heterocycles. The van der Waals surface area contributed by atoms with Crippen molar-refractivity contribution in [2.24, 2.45) is 5.92 Å². The lowest BCUT2D eigenvalue weighted by Crippen LogP contribution is -2.18. The Labute approximate surface area is 112 Å². The summed E-state index contributed by atoms with van der Waals surface area (Å²) < 4.78 is 25.7. The van der Waals surface area contributed by atoms with Crippen LogP contribution in [0, 0.1) is 5.92 Å². The molecule has 1 aromatic carbocycles. The van der Waals surface area contributed by atoms with Gasteiger partial charge in [-0.2, -0.15) is 0 Å². The van der Waals surface area contributed by atoms with Crippen molar-refractivity contribution in [3.8, 4) is 5.75 Å². The van der Waals surface area contributed by atoms with Gasteiger partial charge in [0.25, 0.3) is 0 Å². The molecule has 106 valence electrons. The van der Waals surface area contributed by atoms with Gasteiger partial charge in [-0.05, 0) is 30.5 Å². The lowest BCUT2D eigenvalue weighted by molar-refractivity contribution is 0.0697. The van der Waals surface area contributed by atoms with E-state index in [1.807, 2.05) is 13.8 Å². The summed E-state index contributed by atoms with van der Waals surface area (Å²) in [6.07, 6.45) is 0.481. The molecular formula is C12H17NO5S. The molecule has 1 aromatic rings. The predicted molar refractivity (Wildman–Crippen MR) is 71.9 cm³/mol. The molecule has 0 heterocycles. The van der Waals surface area contributed by atoms with Gasteiger partial charge in [0.15, 0.2) is 0 Å². The summed E-state index contributed by atoms with van der Waals surface area (Å²) in [4.78, 5) is 10.8. The number of nitrogens with one attached hydrogen (secondary N) is 1. The normalized spacial score (nSPS) is 11.5. The molecule has 1 rings (SSSR count). The molecule has 0 radical (unpaired) electrons. The quantitative estimate of drug-likeness (QED) is 0.693. The Morgan fingerprint density at radius 2 is 2.00 bits per heavy atom. The van der Waals surface area contributed by atoms with Gasteiger partial charge in [0.1, 0.15) is 5.75 Å². The van der Waals surface area contributed by atoms with Crippen LogP contribution >= 0.6 is 0 Å². The van der Waals surface area contributed by atoms with E-state index in [1.54, 1.807) is 0 Å². The number of hydrogen-bond donors (Lipinski definition) is 3. The summed E-state index contributed by atoms with van der Waals surface area (Å²) in [5, 5.41) is 18.4. The Hall–Kier alpha value is -1.76. The molecule has 3 N–H and O–H groups in total. The van der Waals surface area contributed by atoms with Gasteiger partial charge in [-0.1, -0.05) is 13.8 Å². The van der Waals surface area contributed by atoms with E-state index in [4.69, 9.17) is 5.11 Å². The van der Waals surface area contributed by atoms with Gasteiger partial charge in [0.2, 0.25) is 10.0 Å². The van der Waals surface area contributed by atoms with Gasteiger partial charge >= 0.3 is 5.97 Å². The highest BCUT2D eigenvalue weighted by atomic mass is 32.2. The van der Waals surface area contributed by atoms with E-state index in [9.17, 15) is 18.3 Å². The zero-order valence-electron chi connectivity index (χ0n) is 10.8.